The fraction of sp³-hybridized carbons (Fsp3) is 0.962. The Hall–Kier alpha value is -0.420. The van der Waals surface area contributed by atoms with Gasteiger partial charge in [-0.15, -0.1) is 0 Å². The Labute approximate surface area is 204 Å². The quantitative estimate of drug-likeness (QED) is 0.0969. The van der Waals surface area contributed by atoms with E-state index in [0.29, 0.717) is 12.3 Å². The van der Waals surface area contributed by atoms with Crippen molar-refractivity contribution in [3.05, 3.63) is 0 Å². The Balaban J connectivity index is 0. The molecule has 0 aliphatic carbocycles. The summed E-state index contributed by atoms with van der Waals surface area (Å²) in [5.74, 6) is 0.0439. The Kier molecular flexibility index (Phi) is 27.6. The summed E-state index contributed by atoms with van der Waals surface area (Å²) in [5, 5.41) is 8.52. The first kappa shape index (κ1) is 34.7. The van der Waals surface area contributed by atoms with Gasteiger partial charge in [0.15, 0.2) is 0 Å². The van der Waals surface area contributed by atoms with Crippen molar-refractivity contribution in [1.82, 2.24) is 0 Å². The summed E-state index contributed by atoms with van der Waals surface area (Å²) in [6.07, 6.45) is 24.2. The molecule has 0 aromatic carbocycles. The zero-order chi connectivity index (χ0) is 25.2. The molecule has 0 saturated heterocycles. The maximum atomic E-state index is 10.3. The van der Waals surface area contributed by atoms with E-state index in [2.05, 4.69) is 25.3 Å². The van der Waals surface area contributed by atoms with Gasteiger partial charge in [0.2, 0.25) is 0 Å². The van der Waals surface area contributed by atoms with E-state index in [4.69, 9.17) is 14.9 Å². The van der Waals surface area contributed by atoms with Crippen LogP contribution in [-0.4, -0.2) is 27.5 Å². The maximum Gasteiger partial charge on any atom is 0.469 e. The lowest BCUT2D eigenvalue weighted by molar-refractivity contribution is -0.137. The number of carboxylic acid groups (broad SMARTS) is 1. The number of phosphoric acid groups is 1. The number of unbranched alkanes of at least 4 members (excludes halogenated alkanes) is 16. The van der Waals surface area contributed by atoms with Gasteiger partial charge in [0.25, 0.3) is 0 Å². The number of hydrogen-bond donors (Lipinski definition) is 3. The maximum absolute atomic E-state index is 10.3. The molecule has 0 fully saturated rings. The van der Waals surface area contributed by atoms with Crippen molar-refractivity contribution in [1.29, 1.82) is 0 Å². The molecule has 3 N–H and O–H groups in total. The first-order valence-electron chi connectivity index (χ1n) is 13.6. The second-order valence-corrected chi connectivity index (χ2v) is 10.9. The van der Waals surface area contributed by atoms with E-state index in [0.717, 1.165) is 38.5 Å². The zero-order valence-corrected chi connectivity index (χ0v) is 22.8. The van der Waals surface area contributed by atoms with E-state index < -0.39 is 13.8 Å². The van der Waals surface area contributed by atoms with Gasteiger partial charge >= 0.3 is 13.8 Å². The van der Waals surface area contributed by atoms with Gasteiger partial charge in [-0.1, -0.05) is 130 Å². The highest BCUT2D eigenvalue weighted by atomic mass is 31.2. The second kappa shape index (κ2) is 26.2. The minimum atomic E-state index is -4.23. The molecular weight excluding hydrogens is 439 g/mol. The van der Waals surface area contributed by atoms with Crippen LogP contribution in [0.5, 0.6) is 0 Å². The molecular formula is C26H55O6P. The summed E-state index contributed by atoms with van der Waals surface area (Å²) in [5.41, 5.74) is 0. The fourth-order valence-electron chi connectivity index (χ4n) is 3.66. The largest absolute Gasteiger partial charge is 0.481 e. The van der Waals surface area contributed by atoms with Crippen molar-refractivity contribution in [3.63, 3.8) is 0 Å². The monoisotopic (exact) mass is 494 g/mol. The van der Waals surface area contributed by atoms with Crippen LogP contribution in [0.3, 0.4) is 0 Å². The van der Waals surface area contributed by atoms with Crippen molar-refractivity contribution in [2.45, 2.75) is 149 Å². The molecule has 0 aliphatic rings. The van der Waals surface area contributed by atoms with Crippen LogP contribution in [0.15, 0.2) is 0 Å². The summed E-state index contributed by atoms with van der Waals surface area (Å²) >= 11 is 0. The number of aliphatic carboxylic acids is 1. The summed E-state index contributed by atoms with van der Waals surface area (Å²) in [6, 6.07) is 0. The Morgan fingerprint density at radius 3 is 1.45 bits per heavy atom. The average molecular weight is 495 g/mol. The van der Waals surface area contributed by atoms with E-state index in [9.17, 15) is 9.36 Å². The highest BCUT2D eigenvalue weighted by Crippen LogP contribution is 2.35. The molecule has 0 saturated carbocycles. The van der Waals surface area contributed by atoms with E-state index in [1.54, 1.807) is 0 Å². The topological polar surface area (TPSA) is 104 Å². The van der Waals surface area contributed by atoms with E-state index in [-0.39, 0.29) is 6.61 Å². The van der Waals surface area contributed by atoms with Crippen LogP contribution in [0.1, 0.15) is 149 Å². The average Bonchev–Trinajstić information content (AvgIpc) is 2.72. The zero-order valence-electron chi connectivity index (χ0n) is 21.9. The summed E-state index contributed by atoms with van der Waals surface area (Å²) < 4.78 is 14.5. The predicted molar refractivity (Wildman–Crippen MR) is 138 cm³/mol. The van der Waals surface area contributed by atoms with Crippen LogP contribution in [-0.2, 0) is 13.9 Å². The fourth-order valence-corrected chi connectivity index (χ4v) is 4.03. The van der Waals surface area contributed by atoms with Crippen LogP contribution in [0.4, 0.5) is 0 Å². The summed E-state index contributed by atoms with van der Waals surface area (Å²) in [6.45, 7) is 6.74. The normalized spacial score (nSPS) is 11.5. The molecule has 33 heavy (non-hydrogen) atoms. The molecule has 0 unspecified atom stereocenters. The number of phosphoric ester groups is 1. The van der Waals surface area contributed by atoms with Gasteiger partial charge < -0.3 is 14.9 Å². The molecule has 0 aliphatic heterocycles. The number of hydrogen-bond acceptors (Lipinski definition) is 3. The number of rotatable bonds is 23. The second-order valence-electron chi connectivity index (χ2n) is 9.66. The molecule has 0 bridgehead atoms. The van der Waals surface area contributed by atoms with Crippen molar-refractivity contribution < 1.29 is 28.8 Å². The lowest BCUT2D eigenvalue weighted by Gasteiger charge is -2.05. The predicted octanol–water partition coefficient (Wildman–Crippen LogP) is 8.64. The Morgan fingerprint density at radius 1 is 0.697 bits per heavy atom. The molecule has 0 radical (unpaired) electrons. The molecule has 0 heterocycles. The SMILES string of the molecule is CC(C)CCCCCOP(=O)(O)O.CCCCCCCCCCCCCCCCCC(=O)O. The van der Waals surface area contributed by atoms with Crippen molar-refractivity contribution in [2.24, 2.45) is 5.92 Å². The first-order valence-corrected chi connectivity index (χ1v) is 15.1. The molecule has 0 aromatic rings. The minimum Gasteiger partial charge on any atom is -0.481 e. The van der Waals surface area contributed by atoms with Crippen molar-refractivity contribution in [3.8, 4) is 0 Å². The highest BCUT2D eigenvalue weighted by Gasteiger charge is 2.12. The van der Waals surface area contributed by atoms with Crippen LogP contribution in [0, 0.1) is 5.92 Å². The molecule has 0 amide bonds. The van der Waals surface area contributed by atoms with Crippen LogP contribution < -0.4 is 0 Å². The van der Waals surface area contributed by atoms with Gasteiger partial charge in [-0.3, -0.25) is 9.32 Å². The van der Waals surface area contributed by atoms with Gasteiger partial charge in [-0.25, -0.2) is 4.57 Å². The summed E-state index contributed by atoms with van der Waals surface area (Å²) in [4.78, 5) is 27.0. The van der Waals surface area contributed by atoms with Crippen molar-refractivity contribution >= 4 is 13.8 Å². The van der Waals surface area contributed by atoms with E-state index in [1.165, 1.54) is 83.5 Å². The van der Waals surface area contributed by atoms with Crippen LogP contribution in [0.2, 0.25) is 0 Å². The van der Waals surface area contributed by atoms with Gasteiger partial charge in [-0.05, 0) is 18.8 Å². The molecule has 0 rings (SSSR count). The summed E-state index contributed by atoms with van der Waals surface area (Å²) in [7, 11) is -4.23. The number of carbonyl (C=O) groups is 1. The van der Waals surface area contributed by atoms with E-state index >= 15 is 0 Å². The van der Waals surface area contributed by atoms with Gasteiger partial charge in [0.05, 0.1) is 6.61 Å². The highest BCUT2D eigenvalue weighted by molar-refractivity contribution is 7.46. The molecule has 0 aromatic heterocycles. The molecule has 6 nitrogen and oxygen atoms in total. The smallest absolute Gasteiger partial charge is 0.469 e. The first-order chi connectivity index (χ1) is 15.7. The minimum absolute atomic E-state index is 0.155. The van der Waals surface area contributed by atoms with Gasteiger partial charge in [-0.2, -0.15) is 0 Å². The standard InChI is InChI=1S/C18H36O2.C8H19O4P/c1-2-3-4-5-6-7-8-9-10-11-12-13-14-15-16-17-18(19)20;1-8(2)6-4-3-5-7-12-13(9,10)11/h2-17H2,1H3,(H,19,20);8H,3-7H2,1-2H3,(H2,9,10,11). The third-order valence-electron chi connectivity index (χ3n) is 5.68. The van der Waals surface area contributed by atoms with Gasteiger partial charge in [0.1, 0.15) is 0 Å². The van der Waals surface area contributed by atoms with Crippen LogP contribution in [0.25, 0.3) is 0 Å². The molecule has 200 valence electrons. The Bertz CT molecular complexity index is 450. The molecule has 0 atom stereocenters. The van der Waals surface area contributed by atoms with Gasteiger partial charge in [0, 0.05) is 6.42 Å². The third kappa shape index (κ3) is 39.1. The lowest BCUT2D eigenvalue weighted by Crippen LogP contribution is -1.93. The lowest BCUT2D eigenvalue weighted by atomic mass is 10.0. The van der Waals surface area contributed by atoms with Crippen LogP contribution >= 0.6 is 7.82 Å². The molecule has 0 spiro atoms. The van der Waals surface area contributed by atoms with E-state index in [1.807, 2.05) is 0 Å². The Morgan fingerprint density at radius 2 is 1.09 bits per heavy atom. The third-order valence-corrected chi connectivity index (χ3v) is 6.20. The molecule has 7 heteroatoms. The van der Waals surface area contributed by atoms with Crippen molar-refractivity contribution in [2.75, 3.05) is 6.61 Å². The number of carboxylic acids is 1.